The molecule has 2 aromatic heterocycles. The maximum atomic E-state index is 13.1. The molecule has 4 amide bonds. The highest BCUT2D eigenvalue weighted by molar-refractivity contribution is 5.88. The number of H-pyrrole nitrogens is 2. The Kier molecular flexibility index (Phi) is 9.06. The Morgan fingerprint density at radius 1 is 0.725 bits per heavy atom. The van der Waals surface area contributed by atoms with E-state index in [0.29, 0.717) is 18.9 Å². The number of aromatic amines is 2. The summed E-state index contributed by atoms with van der Waals surface area (Å²) in [4.78, 5) is 68.8. The topological polar surface area (TPSA) is 186 Å². The second-order valence-corrected chi connectivity index (χ2v) is 13.2. The second kappa shape index (κ2) is 13.8. The molecule has 2 aliphatic heterocycles. The number of carbonyl (C=O) groups is 4. The summed E-state index contributed by atoms with van der Waals surface area (Å²) >= 11 is 0. The number of benzene rings is 3. The first-order chi connectivity index (χ1) is 24.6. The number of carboxylic acid groups (broad SMARTS) is 1. The van der Waals surface area contributed by atoms with Crippen LogP contribution in [-0.2, 0) is 14.3 Å². The number of fused-ring (bicyclic) bond motifs is 2. The van der Waals surface area contributed by atoms with Crippen molar-refractivity contribution < 1.29 is 29.0 Å². The van der Waals surface area contributed by atoms with Gasteiger partial charge in [-0.15, -0.1) is 0 Å². The Bertz CT molecular complexity index is 2120. The highest BCUT2D eigenvalue weighted by Gasteiger charge is 2.36. The molecule has 0 radical (unpaired) electrons. The fourth-order valence-electron chi connectivity index (χ4n) is 7.26. The molecular formula is C37H40N8O6. The predicted octanol–water partition coefficient (Wildman–Crippen LogP) is 5.50. The number of alkyl carbamates (subject to hydrolysis) is 1. The van der Waals surface area contributed by atoms with Gasteiger partial charge in [0.2, 0.25) is 11.8 Å². The monoisotopic (exact) mass is 692 g/mol. The first-order valence-corrected chi connectivity index (χ1v) is 17.1. The Morgan fingerprint density at radius 3 is 1.59 bits per heavy atom. The highest BCUT2D eigenvalue weighted by atomic mass is 16.5. The van der Waals surface area contributed by atoms with Gasteiger partial charge in [-0.3, -0.25) is 9.59 Å². The molecule has 4 atom stereocenters. The molecule has 3 aromatic carbocycles. The lowest BCUT2D eigenvalue weighted by atomic mass is 10.00. The van der Waals surface area contributed by atoms with Crippen molar-refractivity contribution in [2.24, 2.45) is 0 Å². The molecule has 0 aliphatic carbocycles. The van der Waals surface area contributed by atoms with Crippen LogP contribution in [0.15, 0.2) is 60.7 Å². The number of hydrogen-bond acceptors (Lipinski definition) is 7. The van der Waals surface area contributed by atoms with Crippen LogP contribution < -0.4 is 10.6 Å². The van der Waals surface area contributed by atoms with E-state index in [-0.39, 0.29) is 23.9 Å². The van der Waals surface area contributed by atoms with E-state index in [4.69, 9.17) is 15.1 Å². The van der Waals surface area contributed by atoms with Crippen LogP contribution in [0.2, 0.25) is 0 Å². The average Bonchev–Trinajstić information content (AvgIpc) is 3.95. The molecule has 7 rings (SSSR count). The van der Waals surface area contributed by atoms with Crippen LogP contribution in [0.5, 0.6) is 0 Å². The van der Waals surface area contributed by atoms with E-state index in [1.54, 1.807) is 23.6 Å². The minimum Gasteiger partial charge on any atom is -0.465 e. The third-order valence-electron chi connectivity index (χ3n) is 9.86. The van der Waals surface area contributed by atoms with Crippen molar-refractivity contribution >= 4 is 46.1 Å². The lowest BCUT2D eigenvalue weighted by Crippen LogP contribution is -2.46. The predicted molar refractivity (Wildman–Crippen MR) is 190 cm³/mol. The summed E-state index contributed by atoms with van der Waals surface area (Å²) < 4.78 is 4.65. The fraction of sp³-hybridized carbons (Fsp3) is 0.351. The van der Waals surface area contributed by atoms with E-state index in [9.17, 15) is 19.2 Å². The van der Waals surface area contributed by atoms with Crippen molar-refractivity contribution in [3.8, 4) is 22.3 Å². The van der Waals surface area contributed by atoms with Gasteiger partial charge in [0, 0.05) is 13.1 Å². The molecule has 0 unspecified atom stereocenters. The van der Waals surface area contributed by atoms with Gasteiger partial charge in [0.05, 0.1) is 41.3 Å². The largest absolute Gasteiger partial charge is 0.465 e. The quantitative estimate of drug-likeness (QED) is 0.141. The average molecular weight is 693 g/mol. The Labute approximate surface area is 293 Å². The zero-order valence-corrected chi connectivity index (χ0v) is 28.6. The van der Waals surface area contributed by atoms with Crippen LogP contribution in [0.3, 0.4) is 0 Å². The van der Waals surface area contributed by atoms with Gasteiger partial charge in [-0.1, -0.05) is 36.4 Å². The van der Waals surface area contributed by atoms with Crippen LogP contribution in [0.25, 0.3) is 44.3 Å². The molecule has 5 aromatic rings. The van der Waals surface area contributed by atoms with Crippen molar-refractivity contribution in [1.82, 2.24) is 40.4 Å². The molecular weight excluding hydrogens is 652 g/mol. The smallest absolute Gasteiger partial charge is 0.407 e. The molecule has 5 N–H and O–H groups in total. The molecule has 2 aliphatic rings. The lowest BCUT2D eigenvalue weighted by molar-refractivity contribution is -0.134. The first-order valence-electron chi connectivity index (χ1n) is 17.1. The third kappa shape index (κ3) is 6.68. The van der Waals surface area contributed by atoms with Gasteiger partial charge < -0.3 is 40.2 Å². The van der Waals surface area contributed by atoms with E-state index < -0.39 is 24.3 Å². The molecule has 14 nitrogen and oxygen atoms in total. The first kappa shape index (κ1) is 33.6. The summed E-state index contributed by atoms with van der Waals surface area (Å²) in [6.45, 7) is 4.35. The zero-order valence-electron chi connectivity index (χ0n) is 28.6. The van der Waals surface area contributed by atoms with Crippen LogP contribution in [-0.4, -0.2) is 91.1 Å². The summed E-state index contributed by atoms with van der Waals surface area (Å²) in [5.74, 6) is 0.982. The number of likely N-dealkylation sites (tertiary alicyclic amines) is 2. The summed E-state index contributed by atoms with van der Waals surface area (Å²) in [6.07, 6.45) is 1.32. The second-order valence-electron chi connectivity index (χ2n) is 13.2. The van der Waals surface area contributed by atoms with E-state index in [1.165, 1.54) is 7.11 Å². The molecule has 51 heavy (non-hydrogen) atoms. The Hall–Kier alpha value is -5.92. The van der Waals surface area contributed by atoms with Gasteiger partial charge in [0.25, 0.3) is 0 Å². The van der Waals surface area contributed by atoms with Gasteiger partial charge in [-0.2, -0.15) is 0 Å². The van der Waals surface area contributed by atoms with Gasteiger partial charge in [0.1, 0.15) is 23.7 Å². The summed E-state index contributed by atoms with van der Waals surface area (Å²) in [5, 5.41) is 13.9. The van der Waals surface area contributed by atoms with Crippen LogP contribution in [0.1, 0.15) is 63.3 Å². The molecule has 0 saturated carbocycles. The number of amides is 4. The fourth-order valence-corrected chi connectivity index (χ4v) is 7.26. The standard InChI is InChI=1S/C37H40N8O6/c1-20(38-36(48)49)34(46)44-16-4-6-30(44)32-40-26-14-12-24(18-28(26)42-32)22-8-10-23(11-9-22)25-13-15-27-29(19-25)43-33(41-27)31-7-5-17-45(31)35(47)21(2)39-37(50)51-3/h8-15,18-21,30-31,38H,4-7,16-17H2,1-3H3,(H,39,50)(H,40,42)(H,41,43)(H,48,49)/t20-,21-,30-,31-/m0/s1. The zero-order chi connectivity index (χ0) is 35.8. The van der Waals surface area contributed by atoms with E-state index in [0.717, 1.165) is 75.8 Å². The molecule has 2 saturated heterocycles. The van der Waals surface area contributed by atoms with Crippen molar-refractivity contribution in [3.63, 3.8) is 0 Å². The molecule has 0 spiro atoms. The van der Waals surface area contributed by atoms with Crippen molar-refractivity contribution in [3.05, 3.63) is 72.3 Å². The number of nitrogens with one attached hydrogen (secondary N) is 4. The van der Waals surface area contributed by atoms with Crippen LogP contribution in [0.4, 0.5) is 9.59 Å². The third-order valence-corrected chi connectivity index (χ3v) is 9.86. The number of nitrogens with zero attached hydrogens (tertiary/aromatic N) is 4. The van der Waals surface area contributed by atoms with E-state index in [2.05, 4.69) is 61.7 Å². The summed E-state index contributed by atoms with van der Waals surface area (Å²) in [5.41, 5.74) is 7.47. The minimum absolute atomic E-state index is 0.175. The van der Waals surface area contributed by atoms with Gasteiger partial charge in [-0.25, -0.2) is 19.6 Å². The normalized spacial score (nSPS) is 18.6. The number of rotatable bonds is 8. The number of ether oxygens (including phenoxy) is 1. The number of imidazole rings is 2. The maximum Gasteiger partial charge on any atom is 0.407 e. The number of hydrogen-bond donors (Lipinski definition) is 5. The van der Waals surface area contributed by atoms with Crippen LogP contribution >= 0.6 is 0 Å². The number of carbonyl (C=O) groups excluding carboxylic acids is 3. The summed E-state index contributed by atoms with van der Waals surface area (Å²) in [6, 6.07) is 18.5. The molecule has 4 heterocycles. The SMILES string of the molecule is COC(=O)N[C@@H](C)C(=O)N1CCC[C@H]1c1nc2ccc(-c3ccc(-c4ccc5nc([C@@H]6CCCN6C(=O)[C@H](C)NC(=O)O)[nH]c5c4)cc3)cc2[nH]1. The Morgan fingerprint density at radius 2 is 1.16 bits per heavy atom. The molecule has 2 fully saturated rings. The van der Waals surface area contributed by atoms with E-state index in [1.807, 2.05) is 24.3 Å². The summed E-state index contributed by atoms with van der Waals surface area (Å²) in [7, 11) is 1.27. The van der Waals surface area contributed by atoms with Crippen molar-refractivity contribution in [2.75, 3.05) is 20.2 Å². The van der Waals surface area contributed by atoms with Gasteiger partial charge >= 0.3 is 12.2 Å². The number of methoxy groups -OCH3 is 1. The highest BCUT2D eigenvalue weighted by Crippen LogP contribution is 2.35. The van der Waals surface area contributed by atoms with Crippen molar-refractivity contribution in [1.29, 1.82) is 0 Å². The van der Waals surface area contributed by atoms with Gasteiger partial charge in [-0.05, 0) is 86.1 Å². The van der Waals surface area contributed by atoms with Crippen molar-refractivity contribution in [2.45, 2.75) is 63.7 Å². The van der Waals surface area contributed by atoms with E-state index >= 15 is 0 Å². The Balaban J connectivity index is 1.06. The van der Waals surface area contributed by atoms with Gasteiger partial charge in [0.15, 0.2) is 0 Å². The minimum atomic E-state index is -1.23. The molecule has 0 bridgehead atoms. The lowest BCUT2D eigenvalue weighted by Gasteiger charge is -2.26. The number of aromatic nitrogens is 4. The molecule has 14 heteroatoms. The maximum absolute atomic E-state index is 13.1. The van der Waals surface area contributed by atoms with Crippen LogP contribution in [0, 0.1) is 0 Å². The molecule has 264 valence electrons.